The number of aryl methyl sites for hydroxylation is 1. The highest BCUT2D eigenvalue weighted by atomic mass is 32.2. The topological polar surface area (TPSA) is 91.8 Å². The molecule has 122 valence electrons. The minimum absolute atomic E-state index is 0.0406. The van der Waals surface area contributed by atoms with E-state index in [2.05, 4.69) is 0 Å². The Bertz CT molecular complexity index is 653. The highest BCUT2D eigenvalue weighted by Gasteiger charge is 2.27. The first-order valence-electron chi connectivity index (χ1n) is 7.10. The second-order valence-electron chi connectivity index (χ2n) is 5.07. The zero-order chi connectivity index (χ0) is 16.9. The number of nitrogens with zero attached hydrogens (tertiary/aromatic N) is 1. The number of amides is 2. The van der Waals surface area contributed by atoms with E-state index < -0.39 is 26.8 Å². The molecule has 0 aliphatic heterocycles. The van der Waals surface area contributed by atoms with Gasteiger partial charge in [-0.2, -0.15) is 8.42 Å². The lowest BCUT2D eigenvalue weighted by Gasteiger charge is -2.23. The first-order chi connectivity index (χ1) is 10.2. The van der Waals surface area contributed by atoms with Gasteiger partial charge in [0.15, 0.2) is 0 Å². The van der Waals surface area contributed by atoms with Crippen LogP contribution in [0, 0.1) is 0 Å². The van der Waals surface area contributed by atoms with Crippen LogP contribution in [0.1, 0.15) is 45.6 Å². The van der Waals surface area contributed by atoms with Crippen LogP contribution in [-0.2, 0) is 26.1 Å². The summed E-state index contributed by atoms with van der Waals surface area (Å²) >= 11 is 0. The fourth-order valence-corrected chi connectivity index (χ4v) is 3.05. The molecule has 1 aromatic rings. The molecule has 7 heteroatoms. The van der Waals surface area contributed by atoms with E-state index in [4.69, 9.17) is 0 Å². The molecule has 0 aromatic heterocycles. The van der Waals surface area contributed by atoms with Crippen molar-refractivity contribution in [2.24, 2.45) is 0 Å². The van der Waals surface area contributed by atoms with Crippen LogP contribution < -0.4 is 4.90 Å². The molecule has 1 N–H and O–H groups in total. The lowest BCUT2D eigenvalue weighted by molar-refractivity contribution is -0.124. The van der Waals surface area contributed by atoms with Crippen molar-refractivity contribution in [3.05, 3.63) is 23.8 Å². The van der Waals surface area contributed by atoms with E-state index in [-0.39, 0.29) is 5.69 Å². The largest absolute Gasteiger partial charge is 0.296 e. The van der Waals surface area contributed by atoms with E-state index in [1.165, 1.54) is 26.0 Å². The number of unbranched alkanes of at least 4 members (excludes halogenated alkanes) is 2. The summed E-state index contributed by atoms with van der Waals surface area (Å²) in [5, 5.41) is 0. The van der Waals surface area contributed by atoms with Crippen LogP contribution in [0.5, 0.6) is 0 Å². The van der Waals surface area contributed by atoms with Crippen molar-refractivity contribution < 1.29 is 22.6 Å². The molecular weight excluding hydrogens is 306 g/mol. The first-order valence-corrected chi connectivity index (χ1v) is 8.54. The van der Waals surface area contributed by atoms with Crippen LogP contribution >= 0.6 is 0 Å². The Balaban J connectivity index is 3.52. The van der Waals surface area contributed by atoms with Gasteiger partial charge in [-0.15, -0.1) is 0 Å². The van der Waals surface area contributed by atoms with Gasteiger partial charge in [-0.3, -0.25) is 14.1 Å². The molecule has 0 atom stereocenters. The van der Waals surface area contributed by atoms with Crippen molar-refractivity contribution in [2.75, 3.05) is 4.90 Å². The number of hydrogen-bond acceptors (Lipinski definition) is 4. The third kappa shape index (κ3) is 4.38. The van der Waals surface area contributed by atoms with Gasteiger partial charge in [-0.25, -0.2) is 4.90 Å². The third-order valence-corrected chi connectivity index (χ3v) is 4.15. The van der Waals surface area contributed by atoms with Gasteiger partial charge in [0.05, 0.1) is 5.69 Å². The zero-order valence-corrected chi connectivity index (χ0v) is 13.8. The van der Waals surface area contributed by atoms with Crippen molar-refractivity contribution in [2.45, 2.75) is 51.3 Å². The van der Waals surface area contributed by atoms with Crippen molar-refractivity contribution in [3.8, 4) is 0 Å². The van der Waals surface area contributed by atoms with Crippen LogP contribution in [-0.4, -0.2) is 24.8 Å². The van der Waals surface area contributed by atoms with E-state index in [9.17, 15) is 22.6 Å². The normalized spacial score (nSPS) is 11.3. The molecule has 22 heavy (non-hydrogen) atoms. The molecule has 0 bridgehead atoms. The maximum Gasteiger partial charge on any atom is 0.296 e. The standard InChI is InChI=1S/C15H21NO5S/c1-4-5-6-8-13-9-7-10-14(22(19,20)21)15(13)16(11(2)17)12(3)18/h7,9-10H,4-6,8H2,1-3H3,(H,19,20,21). The third-order valence-electron chi connectivity index (χ3n) is 3.26. The molecule has 6 nitrogen and oxygen atoms in total. The highest BCUT2D eigenvalue weighted by Crippen LogP contribution is 2.31. The maximum absolute atomic E-state index is 11.8. The number of carbonyl (C=O) groups is 2. The first kappa shape index (κ1) is 18.3. The monoisotopic (exact) mass is 327 g/mol. The number of imide groups is 1. The Labute approximate surface area is 130 Å². The Morgan fingerprint density at radius 2 is 1.73 bits per heavy atom. The molecule has 0 aliphatic rings. The summed E-state index contributed by atoms with van der Waals surface area (Å²) in [5.74, 6) is -1.19. The number of hydrogen-bond donors (Lipinski definition) is 1. The van der Waals surface area contributed by atoms with Crippen molar-refractivity contribution in [3.63, 3.8) is 0 Å². The van der Waals surface area contributed by atoms with E-state index in [1.807, 2.05) is 6.92 Å². The Morgan fingerprint density at radius 1 is 1.14 bits per heavy atom. The van der Waals surface area contributed by atoms with Gasteiger partial charge in [0.1, 0.15) is 4.90 Å². The molecule has 0 saturated carbocycles. The summed E-state index contributed by atoms with van der Waals surface area (Å²) in [6, 6.07) is 4.34. The number of para-hydroxylation sites is 1. The average molecular weight is 327 g/mol. The SMILES string of the molecule is CCCCCc1cccc(S(=O)(=O)O)c1N(C(C)=O)C(C)=O. The molecule has 0 fully saturated rings. The Hall–Kier alpha value is -1.73. The molecule has 0 spiro atoms. The highest BCUT2D eigenvalue weighted by molar-refractivity contribution is 7.86. The molecule has 1 aromatic carbocycles. The minimum atomic E-state index is -4.54. The number of benzene rings is 1. The lowest BCUT2D eigenvalue weighted by atomic mass is 10.0. The molecular formula is C15H21NO5S. The maximum atomic E-state index is 11.8. The number of carbonyl (C=O) groups excluding carboxylic acids is 2. The van der Waals surface area contributed by atoms with Crippen LogP contribution in [0.25, 0.3) is 0 Å². The Kier molecular flexibility index (Phi) is 6.25. The number of anilines is 1. The summed E-state index contributed by atoms with van der Waals surface area (Å²) in [5.41, 5.74) is 0.509. The zero-order valence-electron chi connectivity index (χ0n) is 13.0. The van der Waals surface area contributed by atoms with Gasteiger partial charge in [-0.05, 0) is 24.5 Å². The fourth-order valence-electron chi connectivity index (χ4n) is 2.33. The Morgan fingerprint density at radius 3 is 2.18 bits per heavy atom. The summed E-state index contributed by atoms with van der Waals surface area (Å²) in [4.78, 5) is 23.9. The molecule has 0 heterocycles. The van der Waals surface area contributed by atoms with Gasteiger partial charge in [0, 0.05) is 13.8 Å². The summed E-state index contributed by atoms with van der Waals surface area (Å²) < 4.78 is 32.6. The van der Waals surface area contributed by atoms with Crippen molar-refractivity contribution in [1.82, 2.24) is 0 Å². The van der Waals surface area contributed by atoms with Gasteiger partial charge in [0.25, 0.3) is 10.1 Å². The summed E-state index contributed by atoms with van der Waals surface area (Å²) in [6.07, 6.45) is 3.23. The molecule has 0 aliphatic carbocycles. The predicted octanol–water partition coefficient (Wildman–Crippen LogP) is 2.57. The van der Waals surface area contributed by atoms with E-state index in [0.29, 0.717) is 12.0 Å². The average Bonchev–Trinajstić information content (AvgIpc) is 2.38. The molecule has 0 saturated heterocycles. The van der Waals surface area contributed by atoms with Crippen LogP contribution in [0.2, 0.25) is 0 Å². The quantitative estimate of drug-likeness (QED) is 0.640. The van der Waals surface area contributed by atoms with E-state index in [1.54, 1.807) is 6.07 Å². The molecule has 0 unspecified atom stereocenters. The van der Waals surface area contributed by atoms with E-state index >= 15 is 0 Å². The molecule has 1 rings (SSSR count). The lowest BCUT2D eigenvalue weighted by Crippen LogP contribution is -2.35. The van der Waals surface area contributed by atoms with Gasteiger partial charge >= 0.3 is 0 Å². The van der Waals surface area contributed by atoms with Crippen LogP contribution in [0.4, 0.5) is 5.69 Å². The van der Waals surface area contributed by atoms with Crippen LogP contribution in [0.3, 0.4) is 0 Å². The fraction of sp³-hybridized carbons (Fsp3) is 0.467. The van der Waals surface area contributed by atoms with Gasteiger partial charge < -0.3 is 0 Å². The summed E-state index contributed by atoms with van der Waals surface area (Å²) in [7, 11) is -4.54. The van der Waals surface area contributed by atoms with Crippen LogP contribution in [0.15, 0.2) is 23.1 Å². The second kappa shape index (κ2) is 7.51. The molecule has 0 radical (unpaired) electrons. The smallest absolute Gasteiger partial charge is 0.282 e. The molecule has 2 amide bonds. The van der Waals surface area contributed by atoms with E-state index in [0.717, 1.165) is 24.2 Å². The predicted molar refractivity (Wildman–Crippen MR) is 83.3 cm³/mol. The van der Waals surface area contributed by atoms with Gasteiger partial charge in [-0.1, -0.05) is 31.9 Å². The second-order valence-corrected chi connectivity index (χ2v) is 6.46. The van der Waals surface area contributed by atoms with Gasteiger partial charge in [0.2, 0.25) is 11.8 Å². The summed E-state index contributed by atoms with van der Waals surface area (Å²) in [6.45, 7) is 4.39. The number of rotatable bonds is 6. The van der Waals surface area contributed by atoms with Crippen molar-refractivity contribution >= 4 is 27.6 Å². The minimum Gasteiger partial charge on any atom is -0.282 e. The van der Waals surface area contributed by atoms with Crippen molar-refractivity contribution in [1.29, 1.82) is 0 Å².